The number of aryl methyl sites for hydroxylation is 1. The van der Waals surface area contributed by atoms with E-state index in [1.807, 2.05) is 12.1 Å². The predicted molar refractivity (Wildman–Crippen MR) is 96.8 cm³/mol. The summed E-state index contributed by atoms with van der Waals surface area (Å²) in [7, 11) is 0. The number of carbonyl (C=O) groups is 1. The van der Waals surface area contributed by atoms with Crippen molar-refractivity contribution in [2.75, 3.05) is 6.54 Å². The van der Waals surface area contributed by atoms with Gasteiger partial charge in [-0.2, -0.15) is 0 Å². The second-order valence-electron chi connectivity index (χ2n) is 6.71. The van der Waals surface area contributed by atoms with Crippen LogP contribution in [0.15, 0.2) is 60.8 Å². The molecule has 1 aliphatic carbocycles. The highest BCUT2D eigenvalue weighted by atomic mass is 19.1. The van der Waals surface area contributed by atoms with Gasteiger partial charge in [-0.3, -0.25) is 4.79 Å². The molecule has 0 radical (unpaired) electrons. The Labute approximate surface area is 146 Å². The van der Waals surface area contributed by atoms with Crippen LogP contribution in [0.5, 0.6) is 0 Å². The lowest BCUT2D eigenvalue weighted by molar-refractivity contribution is -0.122. The number of rotatable bonds is 6. The first-order valence-corrected chi connectivity index (χ1v) is 8.79. The number of hydrogen-bond acceptors (Lipinski definition) is 1. The van der Waals surface area contributed by atoms with Crippen LogP contribution in [0.25, 0.3) is 10.9 Å². The molecule has 1 aliphatic rings. The first-order valence-electron chi connectivity index (χ1n) is 8.79. The molecule has 3 aromatic rings. The van der Waals surface area contributed by atoms with Crippen LogP contribution in [0.4, 0.5) is 4.39 Å². The molecule has 1 N–H and O–H groups in total. The molecule has 3 nitrogen and oxygen atoms in total. The smallest absolute Gasteiger partial charge is 0.223 e. The van der Waals surface area contributed by atoms with E-state index in [2.05, 4.69) is 34.3 Å². The van der Waals surface area contributed by atoms with Crippen molar-refractivity contribution in [1.29, 1.82) is 0 Å². The van der Waals surface area contributed by atoms with Gasteiger partial charge in [0.15, 0.2) is 0 Å². The normalized spacial score (nSPS) is 19.1. The molecule has 0 bridgehead atoms. The molecule has 4 rings (SSSR count). The van der Waals surface area contributed by atoms with Crippen molar-refractivity contribution in [3.63, 3.8) is 0 Å². The Bertz CT molecular complexity index is 884. The first-order chi connectivity index (χ1) is 12.2. The summed E-state index contributed by atoms with van der Waals surface area (Å²) in [5.41, 5.74) is 2.28. The Kier molecular flexibility index (Phi) is 4.26. The van der Waals surface area contributed by atoms with Crippen LogP contribution in [0.1, 0.15) is 24.3 Å². The molecule has 1 amide bonds. The summed E-state index contributed by atoms with van der Waals surface area (Å²) in [4.78, 5) is 12.2. The summed E-state index contributed by atoms with van der Waals surface area (Å²) in [5, 5.41) is 4.28. The summed E-state index contributed by atoms with van der Waals surface area (Å²) in [6.07, 6.45) is 3.86. The minimum atomic E-state index is -0.233. The van der Waals surface area contributed by atoms with Crippen LogP contribution in [0.2, 0.25) is 0 Å². The third-order valence-corrected chi connectivity index (χ3v) is 4.98. The summed E-state index contributed by atoms with van der Waals surface area (Å²) in [6.45, 7) is 1.57. The highest BCUT2D eigenvalue weighted by Gasteiger charge is 2.43. The van der Waals surface area contributed by atoms with Crippen LogP contribution in [-0.2, 0) is 11.3 Å². The van der Waals surface area contributed by atoms with Crippen molar-refractivity contribution >= 4 is 16.8 Å². The third kappa shape index (κ3) is 3.43. The summed E-state index contributed by atoms with van der Waals surface area (Å²) in [5.74, 6) is 0.168. The number of amides is 1. The van der Waals surface area contributed by atoms with Crippen molar-refractivity contribution in [1.82, 2.24) is 9.88 Å². The number of benzene rings is 2. The molecule has 1 saturated carbocycles. The minimum absolute atomic E-state index is 0.0397. The Hall–Kier alpha value is -2.62. The van der Waals surface area contributed by atoms with Crippen molar-refractivity contribution in [2.24, 2.45) is 5.92 Å². The van der Waals surface area contributed by atoms with E-state index >= 15 is 0 Å². The number of nitrogens with zero attached hydrogens (tertiary/aromatic N) is 1. The Morgan fingerprint density at radius 1 is 1.12 bits per heavy atom. The fourth-order valence-corrected chi connectivity index (χ4v) is 3.49. The van der Waals surface area contributed by atoms with E-state index in [-0.39, 0.29) is 23.6 Å². The van der Waals surface area contributed by atoms with Crippen LogP contribution in [0, 0.1) is 11.7 Å². The van der Waals surface area contributed by atoms with Gasteiger partial charge in [0.2, 0.25) is 5.91 Å². The van der Waals surface area contributed by atoms with Gasteiger partial charge in [-0.15, -0.1) is 0 Å². The molecule has 1 heterocycles. The minimum Gasteiger partial charge on any atom is -0.356 e. The highest BCUT2D eigenvalue weighted by Crippen LogP contribution is 2.47. The topological polar surface area (TPSA) is 34.0 Å². The second kappa shape index (κ2) is 6.71. The van der Waals surface area contributed by atoms with Gasteiger partial charge in [0.05, 0.1) is 0 Å². The van der Waals surface area contributed by atoms with Crippen molar-refractivity contribution in [3.05, 3.63) is 72.2 Å². The zero-order chi connectivity index (χ0) is 17.2. The molecule has 0 spiro atoms. The maximum absolute atomic E-state index is 13.0. The van der Waals surface area contributed by atoms with Crippen LogP contribution in [0.3, 0.4) is 0 Å². The van der Waals surface area contributed by atoms with Gasteiger partial charge in [-0.1, -0.05) is 30.3 Å². The van der Waals surface area contributed by atoms with E-state index in [0.717, 1.165) is 24.9 Å². The number of halogens is 1. The fourth-order valence-electron chi connectivity index (χ4n) is 3.49. The predicted octanol–water partition coefficient (Wildman–Crippen LogP) is 4.09. The number of fused-ring (bicyclic) bond motifs is 1. The van der Waals surface area contributed by atoms with Gasteiger partial charge in [-0.25, -0.2) is 4.39 Å². The molecule has 0 saturated heterocycles. The third-order valence-electron chi connectivity index (χ3n) is 4.98. The van der Waals surface area contributed by atoms with Crippen LogP contribution < -0.4 is 5.32 Å². The monoisotopic (exact) mass is 336 g/mol. The Balaban J connectivity index is 1.24. The summed E-state index contributed by atoms with van der Waals surface area (Å²) in [6, 6.07) is 16.9. The zero-order valence-corrected chi connectivity index (χ0v) is 14.0. The molecule has 128 valence electrons. The molecule has 2 aromatic carbocycles. The van der Waals surface area contributed by atoms with E-state index < -0.39 is 0 Å². The van der Waals surface area contributed by atoms with Gasteiger partial charge in [0.25, 0.3) is 0 Å². The van der Waals surface area contributed by atoms with Crippen LogP contribution >= 0.6 is 0 Å². The fraction of sp³-hybridized carbons (Fsp3) is 0.286. The average Bonchev–Trinajstić information content (AvgIpc) is 3.33. The lowest BCUT2D eigenvalue weighted by atomic mass is 10.1. The number of hydrogen-bond donors (Lipinski definition) is 1. The molecule has 25 heavy (non-hydrogen) atoms. The number of nitrogens with one attached hydrogen (secondary N) is 1. The molecule has 1 fully saturated rings. The van der Waals surface area contributed by atoms with Gasteiger partial charge in [0.1, 0.15) is 5.82 Å². The zero-order valence-electron chi connectivity index (χ0n) is 14.0. The number of para-hydroxylation sites is 1. The summed E-state index contributed by atoms with van der Waals surface area (Å²) >= 11 is 0. The largest absolute Gasteiger partial charge is 0.356 e. The molecular weight excluding hydrogens is 315 g/mol. The molecule has 0 aliphatic heterocycles. The van der Waals surface area contributed by atoms with Gasteiger partial charge >= 0.3 is 0 Å². The highest BCUT2D eigenvalue weighted by molar-refractivity contribution is 5.83. The molecular formula is C21H21FN2O. The standard InChI is InChI=1S/C21H21FN2O/c22-17-8-6-15(7-9-17)18-14-19(18)21(25)23-11-3-12-24-13-10-16-4-1-2-5-20(16)24/h1-2,4-10,13,18-19H,3,11-12,14H2,(H,23,25). The van der Waals surface area contributed by atoms with E-state index in [0.29, 0.717) is 6.54 Å². The Morgan fingerprint density at radius 2 is 1.92 bits per heavy atom. The van der Waals surface area contributed by atoms with Gasteiger partial charge in [0, 0.05) is 30.7 Å². The number of aromatic nitrogens is 1. The molecule has 2 atom stereocenters. The van der Waals surface area contributed by atoms with E-state index in [1.54, 1.807) is 12.1 Å². The Morgan fingerprint density at radius 3 is 2.76 bits per heavy atom. The van der Waals surface area contributed by atoms with Gasteiger partial charge < -0.3 is 9.88 Å². The maximum Gasteiger partial charge on any atom is 0.223 e. The van der Waals surface area contributed by atoms with Crippen molar-refractivity contribution in [3.8, 4) is 0 Å². The molecule has 1 aromatic heterocycles. The van der Waals surface area contributed by atoms with E-state index in [9.17, 15) is 9.18 Å². The number of carbonyl (C=O) groups excluding carboxylic acids is 1. The van der Waals surface area contributed by atoms with Crippen LogP contribution in [-0.4, -0.2) is 17.0 Å². The SMILES string of the molecule is O=C(NCCCn1ccc2ccccc21)C1CC1c1ccc(F)cc1. The lowest BCUT2D eigenvalue weighted by Gasteiger charge is -2.07. The van der Waals surface area contributed by atoms with Gasteiger partial charge in [-0.05, 0) is 54.0 Å². The maximum atomic E-state index is 13.0. The second-order valence-corrected chi connectivity index (χ2v) is 6.71. The van der Waals surface area contributed by atoms with Crippen molar-refractivity contribution in [2.45, 2.75) is 25.3 Å². The quantitative estimate of drug-likeness (QED) is 0.676. The average molecular weight is 336 g/mol. The lowest BCUT2D eigenvalue weighted by Crippen LogP contribution is -2.27. The summed E-state index contributed by atoms with van der Waals surface area (Å²) < 4.78 is 15.2. The van der Waals surface area contributed by atoms with Crippen molar-refractivity contribution < 1.29 is 9.18 Å². The molecule has 4 heteroatoms. The van der Waals surface area contributed by atoms with E-state index in [4.69, 9.17) is 0 Å². The molecule has 2 unspecified atom stereocenters. The first kappa shape index (κ1) is 15.9. The van der Waals surface area contributed by atoms with E-state index in [1.165, 1.54) is 23.0 Å².